The van der Waals surface area contributed by atoms with Crippen LogP contribution >= 0.6 is 27.3 Å². The lowest BCUT2D eigenvalue weighted by Gasteiger charge is -2.02. The predicted octanol–water partition coefficient (Wildman–Crippen LogP) is 5.29. The zero-order chi connectivity index (χ0) is 20.7. The molecule has 0 fully saturated rings. The van der Waals surface area contributed by atoms with Crippen LogP contribution in [0.15, 0.2) is 74.6 Å². The van der Waals surface area contributed by atoms with Gasteiger partial charge in [-0.05, 0) is 42.3 Å². The van der Waals surface area contributed by atoms with Crippen molar-refractivity contribution in [1.82, 2.24) is 19.7 Å². The van der Waals surface area contributed by atoms with E-state index in [2.05, 4.69) is 31.1 Å². The van der Waals surface area contributed by atoms with Gasteiger partial charge in [-0.15, -0.1) is 21.5 Å². The Morgan fingerprint density at radius 3 is 2.57 bits per heavy atom. The summed E-state index contributed by atoms with van der Waals surface area (Å²) in [6.07, 6.45) is 1.54. The first-order valence-electron chi connectivity index (χ1n) is 9.22. The van der Waals surface area contributed by atoms with E-state index in [1.165, 1.54) is 15.9 Å². The first kappa shape index (κ1) is 18.9. The molecule has 0 radical (unpaired) electrons. The molecule has 0 aliphatic heterocycles. The molecule has 5 aromatic rings. The Morgan fingerprint density at radius 1 is 1.03 bits per heavy atom. The van der Waals surface area contributed by atoms with Crippen molar-refractivity contribution in [3.8, 4) is 21.9 Å². The minimum absolute atomic E-state index is 0.112. The van der Waals surface area contributed by atoms with Crippen LogP contribution in [0.3, 0.4) is 0 Å². The van der Waals surface area contributed by atoms with Crippen molar-refractivity contribution < 1.29 is 4.42 Å². The Bertz CT molecular complexity index is 1410. The van der Waals surface area contributed by atoms with E-state index in [0.29, 0.717) is 17.2 Å². The molecule has 0 saturated carbocycles. The minimum atomic E-state index is -0.112. The third kappa shape index (κ3) is 3.38. The quantitative estimate of drug-likeness (QED) is 0.350. The largest absolute Gasteiger partial charge is 0.419 e. The zero-order valence-electron chi connectivity index (χ0n) is 15.9. The van der Waals surface area contributed by atoms with Gasteiger partial charge in [0.25, 0.3) is 5.56 Å². The van der Waals surface area contributed by atoms with Crippen molar-refractivity contribution in [3.63, 3.8) is 0 Å². The van der Waals surface area contributed by atoms with Gasteiger partial charge in [0.05, 0.1) is 11.7 Å². The molecule has 30 heavy (non-hydrogen) atoms. The van der Waals surface area contributed by atoms with E-state index < -0.39 is 0 Å². The number of aryl methyl sites for hydroxylation is 1. The summed E-state index contributed by atoms with van der Waals surface area (Å²) in [7, 11) is 0. The number of hydrogen-bond donors (Lipinski definition) is 0. The lowest BCUT2D eigenvalue weighted by atomic mass is 10.1. The van der Waals surface area contributed by atoms with Crippen LogP contribution in [0.1, 0.15) is 11.5 Å². The van der Waals surface area contributed by atoms with E-state index in [1.807, 2.05) is 61.5 Å². The lowest BCUT2D eigenvalue weighted by molar-refractivity contribution is 0.483. The number of benzene rings is 2. The van der Waals surface area contributed by atoms with E-state index in [0.717, 1.165) is 30.9 Å². The zero-order valence-corrected chi connectivity index (χ0v) is 18.3. The minimum Gasteiger partial charge on any atom is -0.419 e. The predicted molar refractivity (Wildman–Crippen MR) is 121 cm³/mol. The molecule has 2 aromatic carbocycles. The molecule has 0 bridgehead atoms. The van der Waals surface area contributed by atoms with Crippen LogP contribution in [0.25, 0.3) is 32.1 Å². The summed E-state index contributed by atoms with van der Waals surface area (Å²) < 4.78 is 8.24. The van der Waals surface area contributed by atoms with Crippen molar-refractivity contribution in [1.29, 1.82) is 0 Å². The van der Waals surface area contributed by atoms with Gasteiger partial charge in [-0.1, -0.05) is 46.3 Å². The normalized spacial score (nSPS) is 11.3. The molecule has 0 N–H and O–H groups in total. The van der Waals surface area contributed by atoms with Gasteiger partial charge in [0.15, 0.2) is 0 Å². The average molecular weight is 479 g/mol. The summed E-state index contributed by atoms with van der Waals surface area (Å²) in [5, 5.41) is 8.83. The van der Waals surface area contributed by atoms with Crippen molar-refractivity contribution in [2.75, 3.05) is 0 Å². The van der Waals surface area contributed by atoms with E-state index in [9.17, 15) is 4.79 Å². The van der Waals surface area contributed by atoms with E-state index in [1.54, 1.807) is 6.33 Å². The van der Waals surface area contributed by atoms with Crippen LogP contribution in [-0.4, -0.2) is 19.7 Å². The topological polar surface area (TPSA) is 73.8 Å². The van der Waals surface area contributed by atoms with Gasteiger partial charge >= 0.3 is 0 Å². The molecule has 3 heterocycles. The number of fused-ring (bicyclic) bond motifs is 1. The summed E-state index contributed by atoms with van der Waals surface area (Å²) in [6.45, 7) is 2.13. The smallest absolute Gasteiger partial charge is 0.262 e. The molecule has 0 amide bonds. The Labute approximate surface area is 184 Å². The Kier molecular flexibility index (Phi) is 4.80. The number of halogens is 1. The fraction of sp³-hybridized carbons (Fsp3) is 0.0909. The summed E-state index contributed by atoms with van der Waals surface area (Å²) in [5.74, 6) is 0.769. The van der Waals surface area contributed by atoms with Crippen LogP contribution in [0.5, 0.6) is 0 Å². The van der Waals surface area contributed by atoms with Gasteiger partial charge in [0.1, 0.15) is 11.4 Å². The fourth-order valence-electron chi connectivity index (χ4n) is 3.31. The SMILES string of the molecule is Cc1c(-c2ccccc2)sc2ncn(Cc3nnc(-c4ccc(Br)cc4)o3)c(=O)c12. The standard InChI is InChI=1S/C22H15BrN4O2S/c1-13-18-21(30-19(13)14-5-3-2-4-6-14)24-12-27(22(18)28)11-17-25-26-20(29-17)15-7-9-16(23)10-8-15/h2-10,12H,11H2,1H3. The Balaban J connectivity index is 1.50. The van der Waals surface area contributed by atoms with Crippen LogP contribution in [-0.2, 0) is 6.54 Å². The highest BCUT2D eigenvalue weighted by atomic mass is 79.9. The van der Waals surface area contributed by atoms with Gasteiger partial charge in [-0.25, -0.2) is 4.98 Å². The fourth-order valence-corrected chi connectivity index (χ4v) is 4.72. The molecule has 0 unspecified atom stereocenters. The van der Waals surface area contributed by atoms with Crippen LogP contribution in [0, 0.1) is 6.92 Å². The van der Waals surface area contributed by atoms with Gasteiger partial charge in [0, 0.05) is 14.9 Å². The van der Waals surface area contributed by atoms with Crippen molar-refractivity contribution >= 4 is 37.5 Å². The molecular formula is C22H15BrN4O2S. The molecule has 8 heteroatoms. The monoisotopic (exact) mass is 478 g/mol. The van der Waals surface area contributed by atoms with Crippen LogP contribution in [0.4, 0.5) is 0 Å². The molecule has 148 valence electrons. The lowest BCUT2D eigenvalue weighted by Crippen LogP contribution is -2.21. The van der Waals surface area contributed by atoms with Gasteiger partial charge in [0.2, 0.25) is 11.8 Å². The number of hydrogen-bond acceptors (Lipinski definition) is 6. The van der Waals surface area contributed by atoms with Crippen LogP contribution in [0.2, 0.25) is 0 Å². The molecule has 0 atom stereocenters. The average Bonchev–Trinajstić information content (AvgIpc) is 3.36. The van der Waals surface area contributed by atoms with E-state index >= 15 is 0 Å². The summed E-state index contributed by atoms with van der Waals surface area (Å²) in [4.78, 5) is 19.4. The number of rotatable bonds is 4. The summed E-state index contributed by atoms with van der Waals surface area (Å²) in [6, 6.07) is 17.6. The molecule has 6 nitrogen and oxygen atoms in total. The first-order valence-corrected chi connectivity index (χ1v) is 10.8. The van der Waals surface area contributed by atoms with Crippen molar-refractivity contribution in [2.45, 2.75) is 13.5 Å². The highest BCUT2D eigenvalue weighted by molar-refractivity contribution is 9.10. The third-order valence-corrected chi connectivity index (χ3v) is 6.59. The van der Waals surface area contributed by atoms with Gasteiger partial charge in [-0.3, -0.25) is 9.36 Å². The third-order valence-electron chi connectivity index (χ3n) is 4.82. The van der Waals surface area contributed by atoms with Gasteiger partial charge < -0.3 is 4.42 Å². The maximum absolute atomic E-state index is 13.1. The highest BCUT2D eigenvalue weighted by Crippen LogP contribution is 2.35. The van der Waals surface area contributed by atoms with E-state index in [-0.39, 0.29) is 12.1 Å². The second kappa shape index (κ2) is 7.62. The second-order valence-corrected chi connectivity index (χ2v) is 8.70. The molecule has 0 aliphatic rings. The van der Waals surface area contributed by atoms with Crippen molar-refractivity contribution in [2.24, 2.45) is 0 Å². The maximum Gasteiger partial charge on any atom is 0.262 e. The Morgan fingerprint density at radius 2 is 1.80 bits per heavy atom. The second-order valence-electron chi connectivity index (χ2n) is 6.79. The maximum atomic E-state index is 13.1. The van der Waals surface area contributed by atoms with Gasteiger partial charge in [-0.2, -0.15) is 0 Å². The molecular weight excluding hydrogens is 464 g/mol. The highest BCUT2D eigenvalue weighted by Gasteiger charge is 2.17. The molecule has 0 aliphatic carbocycles. The number of nitrogens with zero attached hydrogens (tertiary/aromatic N) is 4. The Hall–Kier alpha value is -3.10. The first-order chi connectivity index (χ1) is 14.6. The van der Waals surface area contributed by atoms with Crippen molar-refractivity contribution in [3.05, 3.63) is 87.2 Å². The molecule has 5 rings (SSSR count). The number of aromatic nitrogens is 4. The van der Waals surface area contributed by atoms with Crippen LogP contribution < -0.4 is 5.56 Å². The van der Waals surface area contributed by atoms with E-state index in [4.69, 9.17) is 4.42 Å². The molecule has 3 aromatic heterocycles. The summed E-state index contributed by atoms with van der Waals surface area (Å²) in [5.41, 5.74) is 2.73. The number of thiophene rings is 1. The molecule has 0 saturated heterocycles. The summed E-state index contributed by atoms with van der Waals surface area (Å²) >= 11 is 4.94. The molecule has 0 spiro atoms.